The first-order valence-corrected chi connectivity index (χ1v) is 10.6. The van der Waals surface area contributed by atoms with Crippen molar-refractivity contribution in [3.8, 4) is 5.97 Å². The van der Waals surface area contributed by atoms with Gasteiger partial charge in [0, 0.05) is 19.4 Å². The number of hydrogen-bond donors (Lipinski definition) is 1. The van der Waals surface area contributed by atoms with Crippen LogP contribution in [0.4, 0.5) is 0 Å². The summed E-state index contributed by atoms with van der Waals surface area (Å²) in [6, 6.07) is 5.11. The van der Waals surface area contributed by atoms with Crippen molar-refractivity contribution >= 4 is 35.6 Å². The van der Waals surface area contributed by atoms with Crippen molar-refractivity contribution in [3.63, 3.8) is 0 Å². The fourth-order valence-corrected chi connectivity index (χ4v) is 4.20. The lowest BCUT2D eigenvalue weighted by Crippen LogP contribution is -2.44. The molecule has 1 aromatic heterocycles. The lowest BCUT2D eigenvalue weighted by Gasteiger charge is -2.21. The molecule has 1 unspecified atom stereocenters. The van der Waals surface area contributed by atoms with Crippen molar-refractivity contribution in [3.05, 3.63) is 39.8 Å². The second kappa shape index (κ2) is 9.16. The fourth-order valence-electron chi connectivity index (χ4n) is 4.20. The second-order valence-electron chi connectivity index (χ2n) is 7.63. The van der Waals surface area contributed by atoms with E-state index in [2.05, 4.69) is 17.4 Å². The predicted molar refractivity (Wildman–Crippen MR) is 118 cm³/mol. The summed E-state index contributed by atoms with van der Waals surface area (Å²) in [5.74, 6) is 1.62. The Labute approximate surface area is 176 Å². The molecule has 2 aromatic rings. The number of rotatable bonds is 2. The van der Waals surface area contributed by atoms with Gasteiger partial charge in [-0.25, -0.2) is 10.1 Å². The molecule has 0 saturated carbocycles. The normalized spacial score (nSPS) is 19.1. The van der Waals surface area contributed by atoms with Gasteiger partial charge in [0.2, 0.25) is 11.8 Å². The summed E-state index contributed by atoms with van der Waals surface area (Å²) in [5, 5.41) is 11.4. The molecule has 30 heavy (non-hydrogen) atoms. The molecule has 0 radical (unpaired) electrons. The standard InChI is InChI=1S/C20H21BN4O3.C2H6/c1-24-17-11-14(10-13-6-8-21(12-22)9-7-13)2-3-15(17)25(20(24)28)16-4-5-18(26)23-19(16)27;1-2/h2-3,10-11,16H,4-9H2,1H3,(H,23,26,27);1-2H3. The lowest BCUT2D eigenvalue weighted by atomic mass is 9.42. The van der Waals surface area contributed by atoms with E-state index in [4.69, 9.17) is 5.26 Å². The highest BCUT2D eigenvalue weighted by atomic mass is 16.2. The summed E-state index contributed by atoms with van der Waals surface area (Å²) in [6.45, 7) is 4.16. The number of fused-ring (bicyclic) bond motifs is 1. The predicted octanol–water partition coefficient (Wildman–Crippen LogP) is 3.08. The Morgan fingerprint density at radius 3 is 2.47 bits per heavy atom. The smallest absolute Gasteiger partial charge is 0.295 e. The summed E-state index contributed by atoms with van der Waals surface area (Å²) in [6.07, 6.45) is 6.34. The van der Waals surface area contributed by atoms with Crippen molar-refractivity contribution in [1.29, 1.82) is 5.26 Å². The number of aromatic nitrogens is 2. The average molecular weight is 406 g/mol. The van der Waals surface area contributed by atoms with Crippen molar-refractivity contribution < 1.29 is 9.59 Å². The number of nitrogens with zero attached hydrogens (tertiary/aromatic N) is 3. The monoisotopic (exact) mass is 406 g/mol. The SMILES string of the molecule is CC.Cn1c(=O)n(C2CCC(=O)NC2=O)c2ccc(C=C3CCB(C#N)CC3)cc21. The Hall–Kier alpha value is -3.08. The lowest BCUT2D eigenvalue weighted by molar-refractivity contribution is -0.135. The minimum atomic E-state index is -0.667. The molecule has 1 aromatic carbocycles. The molecular weight excluding hydrogens is 379 g/mol. The molecule has 2 amide bonds. The van der Waals surface area contributed by atoms with Crippen molar-refractivity contribution in [2.75, 3.05) is 0 Å². The number of nitrogens with one attached hydrogen (secondary N) is 1. The molecule has 4 rings (SSSR count). The highest BCUT2D eigenvalue weighted by molar-refractivity contribution is 6.67. The number of aryl methyl sites for hydroxylation is 1. The minimum absolute atomic E-state index is 0.156. The molecule has 156 valence electrons. The molecule has 2 fully saturated rings. The molecule has 3 heterocycles. The van der Waals surface area contributed by atoms with E-state index < -0.39 is 11.9 Å². The van der Waals surface area contributed by atoms with Gasteiger partial charge < -0.3 is 0 Å². The number of carbonyl (C=O) groups is 2. The van der Waals surface area contributed by atoms with Crippen LogP contribution in [-0.4, -0.2) is 27.7 Å². The topological polar surface area (TPSA) is 96.9 Å². The number of allylic oxidation sites excluding steroid dienone is 1. The van der Waals surface area contributed by atoms with Crippen molar-refractivity contribution in [2.24, 2.45) is 7.05 Å². The maximum absolute atomic E-state index is 12.8. The Kier molecular flexibility index (Phi) is 6.61. The van der Waals surface area contributed by atoms with Gasteiger partial charge in [0.25, 0.3) is 6.71 Å². The summed E-state index contributed by atoms with van der Waals surface area (Å²) in [5.41, 5.74) is 3.52. The van der Waals surface area contributed by atoms with E-state index in [-0.39, 0.29) is 24.7 Å². The summed E-state index contributed by atoms with van der Waals surface area (Å²) in [4.78, 5) is 36.5. The van der Waals surface area contributed by atoms with Crippen LogP contribution < -0.4 is 11.0 Å². The molecule has 2 aliphatic rings. The molecule has 0 spiro atoms. The van der Waals surface area contributed by atoms with Gasteiger partial charge in [-0.05, 0) is 37.0 Å². The zero-order valence-corrected chi connectivity index (χ0v) is 17.8. The molecule has 2 saturated heterocycles. The number of hydrogen-bond acceptors (Lipinski definition) is 4. The van der Waals surface area contributed by atoms with Gasteiger partial charge in [0.05, 0.1) is 11.0 Å². The third kappa shape index (κ3) is 4.11. The first-order chi connectivity index (χ1) is 14.5. The van der Waals surface area contributed by atoms with Crippen LogP contribution in [0.3, 0.4) is 0 Å². The summed E-state index contributed by atoms with van der Waals surface area (Å²) >= 11 is 0. The van der Waals surface area contributed by atoms with Crippen LogP contribution in [0.5, 0.6) is 0 Å². The van der Waals surface area contributed by atoms with Gasteiger partial charge in [-0.3, -0.25) is 24.0 Å². The van der Waals surface area contributed by atoms with Crippen molar-refractivity contribution in [2.45, 2.75) is 58.2 Å². The van der Waals surface area contributed by atoms with Gasteiger partial charge in [0.1, 0.15) is 6.04 Å². The van der Waals surface area contributed by atoms with Gasteiger partial charge in [-0.2, -0.15) is 0 Å². The van der Waals surface area contributed by atoms with E-state index in [1.807, 2.05) is 32.0 Å². The summed E-state index contributed by atoms with van der Waals surface area (Å²) in [7, 11) is 1.70. The van der Waals surface area contributed by atoms with E-state index in [9.17, 15) is 14.4 Å². The quantitative estimate of drug-likeness (QED) is 0.612. The van der Waals surface area contributed by atoms with Crippen LogP contribution >= 0.6 is 0 Å². The maximum atomic E-state index is 12.8. The molecule has 1 atom stereocenters. The van der Waals surface area contributed by atoms with Crippen LogP contribution in [0, 0.1) is 11.2 Å². The van der Waals surface area contributed by atoms with E-state index in [1.54, 1.807) is 11.6 Å². The second-order valence-corrected chi connectivity index (χ2v) is 7.63. The number of benzene rings is 1. The molecular formula is C22H27BN4O3. The van der Waals surface area contributed by atoms with E-state index in [0.29, 0.717) is 11.9 Å². The molecule has 7 nitrogen and oxygen atoms in total. The zero-order valence-electron chi connectivity index (χ0n) is 17.8. The first kappa shape index (κ1) is 21.6. The molecule has 2 aliphatic heterocycles. The third-order valence-electron chi connectivity index (χ3n) is 5.82. The zero-order chi connectivity index (χ0) is 21.8. The largest absolute Gasteiger partial charge is 0.329 e. The minimum Gasteiger partial charge on any atom is -0.295 e. The maximum Gasteiger partial charge on any atom is 0.329 e. The highest BCUT2D eigenvalue weighted by Crippen LogP contribution is 2.28. The molecule has 0 bridgehead atoms. The van der Waals surface area contributed by atoms with E-state index in [1.165, 1.54) is 10.1 Å². The molecule has 8 heteroatoms. The number of piperidine rings is 1. The fraction of sp³-hybridized carbons (Fsp3) is 0.455. The molecule has 0 aliphatic carbocycles. The van der Waals surface area contributed by atoms with E-state index in [0.717, 1.165) is 36.6 Å². The van der Waals surface area contributed by atoms with Crippen LogP contribution in [0.15, 0.2) is 28.6 Å². The Balaban J connectivity index is 0.00000124. The molecule has 1 N–H and O–H groups in total. The van der Waals surface area contributed by atoms with Crippen LogP contribution in [0.1, 0.15) is 51.1 Å². The Bertz CT molecular complexity index is 1100. The van der Waals surface area contributed by atoms with Gasteiger partial charge in [0.15, 0.2) is 0 Å². The Morgan fingerprint density at radius 2 is 1.83 bits per heavy atom. The van der Waals surface area contributed by atoms with E-state index >= 15 is 0 Å². The van der Waals surface area contributed by atoms with Gasteiger partial charge in [-0.15, -0.1) is 0 Å². The number of imidazole rings is 1. The van der Waals surface area contributed by atoms with Crippen LogP contribution in [-0.2, 0) is 16.6 Å². The average Bonchev–Trinajstić information content (AvgIpc) is 3.00. The number of imide groups is 1. The summed E-state index contributed by atoms with van der Waals surface area (Å²) < 4.78 is 3.04. The third-order valence-corrected chi connectivity index (χ3v) is 5.82. The Morgan fingerprint density at radius 1 is 1.13 bits per heavy atom. The van der Waals surface area contributed by atoms with Gasteiger partial charge >= 0.3 is 5.69 Å². The van der Waals surface area contributed by atoms with Crippen LogP contribution in [0.25, 0.3) is 17.1 Å². The first-order valence-electron chi connectivity index (χ1n) is 10.6. The van der Waals surface area contributed by atoms with Crippen LogP contribution in [0.2, 0.25) is 12.6 Å². The van der Waals surface area contributed by atoms with Gasteiger partial charge in [-0.1, -0.05) is 44.2 Å². The number of nitriles is 1. The van der Waals surface area contributed by atoms with Crippen molar-refractivity contribution in [1.82, 2.24) is 14.5 Å². The highest BCUT2D eigenvalue weighted by Gasteiger charge is 2.31. The number of carbonyl (C=O) groups excluding carboxylic acids is 2. The number of amides is 2.